The Balaban J connectivity index is 1.53. The van der Waals surface area contributed by atoms with Crippen molar-refractivity contribution in [1.82, 2.24) is 25.5 Å². The van der Waals surface area contributed by atoms with Crippen molar-refractivity contribution in [2.75, 3.05) is 6.54 Å². The number of nitrogens with zero attached hydrogens (tertiary/aromatic N) is 4. The summed E-state index contributed by atoms with van der Waals surface area (Å²) >= 11 is 0. The number of hydrogen-bond donors (Lipinski definition) is 2. The number of likely N-dealkylation sites (tertiary alicyclic amines) is 1. The largest absolute Gasteiger partial charge is 0.339 e. The van der Waals surface area contributed by atoms with Gasteiger partial charge in [-0.05, 0) is 55.9 Å². The summed E-state index contributed by atoms with van der Waals surface area (Å²) in [5.74, 6) is -2.44. The van der Waals surface area contributed by atoms with E-state index >= 15 is 0 Å². The maximum atomic E-state index is 13.6. The average Bonchev–Trinajstić information content (AvgIpc) is 3.63. The third kappa shape index (κ3) is 5.19. The van der Waals surface area contributed by atoms with E-state index in [1.54, 1.807) is 6.92 Å². The smallest absolute Gasteiger partial charge is 0.308 e. The molecule has 2 aliphatic carbocycles. The van der Waals surface area contributed by atoms with Crippen molar-refractivity contribution in [2.24, 2.45) is 22.9 Å². The fourth-order valence-electron chi connectivity index (χ4n) is 6.02. The fourth-order valence-corrected chi connectivity index (χ4v) is 6.02. The molecule has 2 heterocycles. The van der Waals surface area contributed by atoms with E-state index in [2.05, 4.69) is 32.4 Å². The average molecular weight is 497 g/mol. The molecular weight excluding hydrogens is 464 g/mol. The fraction of sp³-hybridized carbons (Fsp3) is 0.600. The molecule has 3 fully saturated rings. The Hall–Kier alpha value is -3.50. The predicted molar refractivity (Wildman–Crippen MR) is 129 cm³/mol. The van der Waals surface area contributed by atoms with Gasteiger partial charge in [0.2, 0.25) is 11.8 Å². The van der Waals surface area contributed by atoms with E-state index in [9.17, 15) is 24.1 Å². The Morgan fingerprint density at radius 1 is 1.08 bits per heavy atom. The van der Waals surface area contributed by atoms with Crippen LogP contribution in [0.15, 0.2) is 35.9 Å². The zero-order chi connectivity index (χ0) is 25.8. The van der Waals surface area contributed by atoms with E-state index in [1.165, 1.54) is 23.5 Å². The molecule has 2 N–H and O–H groups in total. The van der Waals surface area contributed by atoms with E-state index in [4.69, 9.17) is 0 Å². The van der Waals surface area contributed by atoms with E-state index < -0.39 is 41.8 Å². The molecule has 0 aromatic carbocycles. The first-order valence-electron chi connectivity index (χ1n) is 12.5. The number of nitrogens with one attached hydrogen (secondary N) is 2. The van der Waals surface area contributed by atoms with Crippen LogP contribution in [0.25, 0.3) is 0 Å². The second-order valence-electron chi connectivity index (χ2n) is 10.1. The topological polar surface area (TPSA) is 151 Å². The normalized spacial score (nSPS) is 25.0. The van der Waals surface area contributed by atoms with Gasteiger partial charge >= 0.3 is 5.91 Å². The Morgan fingerprint density at radius 2 is 1.83 bits per heavy atom. The second-order valence-corrected chi connectivity index (χ2v) is 10.1. The van der Waals surface area contributed by atoms with Crippen LogP contribution in [-0.2, 0) is 14.4 Å². The Morgan fingerprint density at radius 3 is 2.47 bits per heavy atom. The van der Waals surface area contributed by atoms with Crippen LogP contribution in [0.4, 0.5) is 0 Å². The molecular formula is C25H32N6O5. The number of carbonyl (C=O) groups excluding carboxylic acids is 4. The zero-order valence-corrected chi connectivity index (χ0v) is 20.4. The molecule has 36 heavy (non-hydrogen) atoms. The zero-order valence-electron chi connectivity index (χ0n) is 20.4. The standard InChI is InChI=1S/C25H32N6O5/c1-14(2)19(25(35)31-13-16-8-5-9-17(16)21(31)24(34)30-36)28-23(33)20(15-6-3-4-7-15)29-22(32)18-12-26-10-11-27-18/h10-12,15-17,19-21H,1,3-9,13H2,2H3,(H,28,33)(H,29,32)/t16-,17-,19?,20-,21-/m0/s1. The predicted octanol–water partition coefficient (Wildman–Crippen LogP) is 1.75. The molecule has 11 nitrogen and oxygen atoms in total. The van der Waals surface area contributed by atoms with Gasteiger partial charge in [0.1, 0.15) is 23.8 Å². The molecule has 0 spiro atoms. The highest BCUT2D eigenvalue weighted by Gasteiger charge is 2.51. The minimum Gasteiger partial charge on any atom is -0.339 e. The van der Waals surface area contributed by atoms with Gasteiger partial charge in [-0.15, -0.1) is 4.91 Å². The first-order valence-corrected chi connectivity index (χ1v) is 12.5. The SMILES string of the molecule is C=C(C)C(NC(=O)[C@@H](NC(=O)c1cnccn1)C1CCCC1)C(=O)N1C[C@@H]2CCC[C@@H]2[C@H]1C(=O)N=O. The minimum atomic E-state index is -1.10. The number of fused-ring (bicyclic) bond motifs is 1. The van der Waals surface area contributed by atoms with Gasteiger partial charge in [-0.25, -0.2) is 4.98 Å². The van der Waals surface area contributed by atoms with E-state index in [0.717, 1.165) is 44.9 Å². The third-order valence-electron chi connectivity index (χ3n) is 7.78. The van der Waals surface area contributed by atoms with Gasteiger partial charge in [0, 0.05) is 24.1 Å². The summed E-state index contributed by atoms with van der Waals surface area (Å²) in [5, 5.41) is 8.17. The maximum Gasteiger partial charge on any atom is 0.308 e. The summed E-state index contributed by atoms with van der Waals surface area (Å²) in [5.41, 5.74) is 0.480. The minimum absolute atomic E-state index is 0.0900. The Kier molecular flexibility index (Phi) is 7.85. The van der Waals surface area contributed by atoms with Crippen molar-refractivity contribution in [3.05, 3.63) is 41.3 Å². The molecule has 4 amide bonds. The summed E-state index contributed by atoms with van der Waals surface area (Å²) in [7, 11) is 0. The maximum absolute atomic E-state index is 13.6. The molecule has 0 radical (unpaired) electrons. The molecule has 11 heteroatoms. The molecule has 1 saturated heterocycles. The molecule has 2 saturated carbocycles. The van der Waals surface area contributed by atoms with Crippen LogP contribution >= 0.6 is 0 Å². The summed E-state index contributed by atoms with van der Waals surface area (Å²) in [6.45, 7) is 5.85. The number of rotatable bonds is 8. The highest BCUT2D eigenvalue weighted by molar-refractivity contribution is 5.98. The number of nitroso groups, excluding NO2 is 1. The van der Waals surface area contributed by atoms with Crippen LogP contribution in [-0.4, -0.2) is 63.2 Å². The summed E-state index contributed by atoms with van der Waals surface area (Å²) in [6.07, 6.45) is 10.1. The summed E-state index contributed by atoms with van der Waals surface area (Å²) < 4.78 is 0. The van der Waals surface area contributed by atoms with Crippen LogP contribution in [0, 0.1) is 22.7 Å². The number of carbonyl (C=O) groups is 4. The van der Waals surface area contributed by atoms with Gasteiger partial charge in [-0.3, -0.25) is 24.2 Å². The number of hydrogen-bond acceptors (Lipinski definition) is 7. The molecule has 192 valence electrons. The van der Waals surface area contributed by atoms with Gasteiger partial charge in [0.25, 0.3) is 5.91 Å². The van der Waals surface area contributed by atoms with Crippen LogP contribution in [0.2, 0.25) is 0 Å². The van der Waals surface area contributed by atoms with E-state index in [0.29, 0.717) is 12.1 Å². The molecule has 4 rings (SSSR count). The second kappa shape index (κ2) is 11.0. The van der Waals surface area contributed by atoms with Crippen molar-refractivity contribution in [3.8, 4) is 0 Å². The number of aromatic nitrogens is 2. The quantitative estimate of drug-likeness (QED) is 0.411. The summed E-state index contributed by atoms with van der Waals surface area (Å²) in [4.78, 5) is 72.7. The summed E-state index contributed by atoms with van der Waals surface area (Å²) in [6, 6.07) is -2.89. The van der Waals surface area contributed by atoms with E-state index in [-0.39, 0.29) is 23.4 Å². The van der Waals surface area contributed by atoms with Crippen molar-refractivity contribution in [3.63, 3.8) is 0 Å². The third-order valence-corrected chi connectivity index (χ3v) is 7.78. The first-order chi connectivity index (χ1) is 17.3. The van der Waals surface area contributed by atoms with Gasteiger partial charge in [0.05, 0.1) is 6.20 Å². The molecule has 5 atom stereocenters. The van der Waals surface area contributed by atoms with Crippen molar-refractivity contribution in [2.45, 2.75) is 70.0 Å². The lowest BCUT2D eigenvalue weighted by atomic mass is 9.93. The Bertz CT molecular complexity index is 1040. The Labute approximate surface area is 209 Å². The monoisotopic (exact) mass is 496 g/mol. The molecule has 3 aliphatic rings. The van der Waals surface area contributed by atoms with Gasteiger partial charge in [-0.2, -0.15) is 0 Å². The van der Waals surface area contributed by atoms with Crippen LogP contribution in [0.3, 0.4) is 0 Å². The highest BCUT2D eigenvalue weighted by atomic mass is 16.3. The lowest BCUT2D eigenvalue weighted by Crippen LogP contribution is -2.57. The lowest BCUT2D eigenvalue weighted by molar-refractivity contribution is -0.140. The van der Waals surface area contributed by atoms with Gasteiger partial charge < -0.3 is 15.5 Å². The molecule has 1 aliphatic heterocycles. The van der Waals surface area contributed by atoms with Crippen molar-refractivity contribution in [1.29, 1.82) is 0 Å². The van der Waals surface area contributed by atoms with Crippen LogP contribution in [0.5, 0.6) is 0 Å². The van der Waals surface area contributed by atoms with Crippen LogP contribution < -0.4 is 10.6 Å². The van der Waals surface area contributed by atoms with E-state index in [1.807, 2.05) is 0 Å². The van der Waals surface area contributed by atoms with Gasteiger partial charge in [-0.1, -0.05) is 25.8 Å². The first kappa shape index (κ1) is 25.6. The molecule has 0 bridgehead atoms. The molecule has 1 aromatic rings. The number of amides is 4. The molecule has 1 unspecified atom stereocenters. The van der Waals surface area contributed by atoms with Gasteiger partial charge in [0.15, 0.2) is 0 Å². The van der Waals surface area contributed by atoms with Crippen molar-refractivity contribution < 1.29 is 19.2 Å². The highest BCUT2D eigenvalue weighted by Crippen LogP contribution is 2.43. The van der Waals surface area contributed by atoms with Crippen LogP contribution in [0.1, 0.15) is 62.4 Å². The van der Waals surface area contributed by atoms with Crippen molar-refractivity contribution >= 4 is 23.6 Å². The molecule has 1 aromatic heterocycles. The lowest BCUT2D eigenvalue weighted by Gasteiger charge is -2.31.